The quantitative estimate of drug-likeness (QED) is 0.719. The highest BCUT2D eigenvalue weighted by Gasteiger charge is 2.19. The highest BCUT2D eigenvalue weighted by atomic mass is 16.3. The molecule has 1 atom stereocenters. The zero-order valence-corrected chi connectivity index (χ0v) is 10.4. The van der Waals surface area contributed by atoms with Crippen molar-refractivity contribution >= 4 is 0 Å². The van der Waals surface area contributed by atoms with Gasteiger partial charge in [-0.2, -0.15) is 0 Å². The van der Waals surface area contributed by atoms with E-state index in [1.54, 1.807) is 0 Å². The summed E-state index contributed by atoms with van der Waals surface area (Å²) >= 11 is 0. The number of rotatable bonds is 5. The van der Waals surface area contributed by atoms with Gasteiger partial charge in [0.2, 0.25) is 0 Å². The molecule has 0 aromatic rings. The van der Waals surface area contributed by atoms with Crippen molar-refractivity contribution in [1.82, 2.24) is 10.2 Å². The monoisotopic (exact) mass is 214 g/mol. The van der Waals surface area contributed by atoms with Crippen molar-refractivity contribution in [2.75, 3.05) is 26.7 Å². The Balaban J connectivity index is 2.25. The number of hydrogen-bond donors (Lipinski definition) is 2. The van der Waals surface area contributed by atoms with Crippen LogP contribution in [0, 0.1) is 5.92 Å². The minimum absolute atomic E-state index is 0.268. The third-order valence-corrected chi connectivity index (χ3v) is 3.17. The second kappa shape index (κ2) is 6.46. The largest absolute Gasteiger partial charge is 0.395 e. The second-order valence-corrected chi connectivity index (χ2v) is 5.25. The number of nitrogens with one attached hydrogen (secondary N) is 1. The molecule has 0 aromatic heterocycles. The lowest BCUT2D eigenvalue weighted by atomic mass is 10.00. The van der Waals surface area contributed by atoms with E-state index in [2.05, 4.69) is 31.1 Å². The van der Waals surface area contributed by atoms with E-state index in [1.807, 2.05) is 0 Å². The molecule has 0 aliphatic carbocycles. The van der Waals surface area contributed by atoms with Crippen LogP contribution in [0.2, 0.25) is 0 Å². The number of nitrogens with zero attached hydrogens (tertiary/aromatic N) is 1. The molecule has 0 saturated carbocycles. The molecule has 2 N–H and O–H groups in total. The molecule has 3 nitrogen and oxygen atoms in total. The van der Waals surface area contributed by atoms with E-state index in [-0.39, 0.29) is 6.61 Å². The fourth-order valence-corrected chi connectivity index (χ4v) is 2.27. The molecule has 0 spiro atoms. The predicted octanol–water partition coefficient (Wildman–Crippen LogP) is 1.08. The lowest BCUT2D eigenvalue weighted by molar-refractivity contribution is 0.178. The Morgan fingerprint density at radius 1 is 1.33 bits per heavy atom. The molecular formula is C12H26N2O. The number of likely N-dealkylation sites (tertiary alicyclic amines) is 1. The van der Waals surface area contributed by atoms with E-state index < -0.39 is 0 Å². The molecule has 1 heterocycles. The third kappa shape index (κ3) is 4.96. The Kier molecular flexibility index (Phi) is 5.58. The second-order valence-electron chi connectivity index (χ2n) is 5.25. The van der Waals surface area contributed by atoms with Crippen molar-refractivity contribution in [1.29, 1.82) is 0 Å². The summed E-state index contributed by atoms with van der Waals surface area (Å²) in [5, 5.41) is 12.9. The molecule has 1 rings (SSSR count). The van der Waals surface area contributed by atoms with Gasteiger partial charge in [0.05, 0.1) is 6.61 Å². The van der Waals surface area contributed by atoms with Crippen LogP contribution in [0.1, 0.15) is 33.1 Å². The summed E-state index contributed by atoms with van der Waals surface area (Å²) in [6, 6.07) is 0.899. The molecular weight excluding hydrogens is 188 g/mol. The SMILES string of the molecule is CC(C)C[C@H](CO)NC1CCN(C)CC1. The van der Waals surface area contributed by atoms with Crippen LogP contribution in [-0.4, -0.2) is 48.8 Å². The van der Waals surface area contributed by atoms with Crippen molar-refractivity contribution in [2.24, 2.45) is 5.92 Å². The Bertz CT molecular complexity index is 165. The summed E-state index contributed by atoms with van der Waals surface area (Å²) in [5.74, 6) is 0.654. The van der Waals surface area contributed by atoms with Crippen LogP contribution in [0.15, 0.2) is 0 Å². The Hall–Kier alpha value is -0.120. The fourth-order valence-electron chi connectivity index (χ4n) is 2.27. The van der Waals surface area contributed by atoms with Crippen molar-refractivity contribution < 1.29 is 5.11 Å². The average Bonchev–Trinajstić information content (AvgIpc) is 2.19. The zero-order chi connectivity index (χ0) is 11.3. The topological polar surface area (TPSA) is 35.5 Å². The molecule has 0 aromatic carbocycles. The van der Waals surface area contributed by atoms with Gasteiger partial charge in [0, 0.05) is 12.1 Å². The molecule has 1 aliphatic heterocycles. The number of hydrogen-bond acceptors (Lipinski definition) is 3. The maximum Gasteiger partial charge on any atom is 0.0584 e. The summed E-state index contributed by atoms with van der Waals surface area (Å²) in [6.07, 6.45) is 3.50. The number of aliphatic hydroxyl groups excluding tert-OH is 1. The normalized spacial score (nSPS) is 22.2. The summed E-state index contributed by atoms with van der Waals surface area (Å²) in [5.41, 5.74) is 0. The summed E-state index contributed by atoms with van der Waals surface area (Å²) in [6.45, 7) is 7.04. The van der Waals surface area contributed by atoms with Gasteiger partial charge >= 0.3 is 0 Å². The van der Waals surface area contributed by atoms with Crippen molar-refractivity contribution in [3.63, 3.8) is 0 Å². The molecule has 0 radical (unpaired) electrons. The molecule has 0 unspecified atom stereocenters. The maximum absolute atomic E-state index is 9.28. The van der Waals surface area contributed by atoms with Gasteiger partial charge in [0.1, 0.15) is 0 Å². The van der Waals surface area contributed by atoms with Gasteiger partial charge in [-0.1, -0.05) is 13.8 Å². The first-order valence-electron chi connectivity index (χ1n) is 6.17. The molecule has 1 aliphatic rings. The first-order chi connectivity index (χ1) is 7.11. The van der Waals surface area contributed by atoms with E-state index in [4.69, 9.17) is 0 Å². The van der Waals surface area contributed by atoms with Gasteiger partial charge in [0.15, 0.2) is 0 Å². The Morgan fingerprint density at radius 3 is 2.40 bits per heavy atom. The molecule has 90 valence electrons. The first-order valence-corrected chi connectivity index (χ1v) is 6.17. The van der Waals surface area contributed by atoms with E-state index in [0.717, 1.165) is 6.42 Å². The standard InChI is InChI=1S/C12H26N2O/c1-10(2)8-12(9-15)13-11-4-6-14(3)7-5-11/h10-13,15H,4-9H2,1-3H3/t12-/m1/s1. The number of piperidine rings is 1. The number of aliphatic hydroxyl groups is 1. The zero-order valence-electron chi connectivity index (χ0n) is 10.4. The van der Waals surface area contributed by atoms with E-state index in [1.165, 1.54) is 25.9 Å². The van der Waals surface area contributed by atoms with Crippen LogP contribution in [0.25, 0.3) is 0 Å². The van der Waals surface area contributed by atoms with E-state index >= 15 is 0 Å². The van der Waals surface area contributed by atoms with Crippen LogP contribution in [0.3, 0.4) is 0 Å². The molecule has 0 bridgehead atoms. The Morgan fingerprint density at radius 2 is 1.93 bits per heavy atom. The van der Waals surface area contributed by atoms with Crippen molar-refractivity contribution in [3.8, 4) is 0 Å². The van der Waals surface area contributed by atoms with Crippen molar-refractivity contribution in [2.45, 2.75) is 45.2 Å². The lowest BCUT2D eigenvalue weighted by Gasteiger charge is -2.32. The molecule has 1 fully saturated rings. The van der Waals surface area contributed by atoms with Crippen LogP contribution >= 0.6 is 0 Å². The molecule has 1 saturated heterocycles. The minimum atomic E-state index is 0.268. The van der Waals surface area contributed by atoms with E-state index in [9.17, 15) is 5.11 Å². The van der Waals surface area contributed by atoms with Crippen LogP contribution in [-0.2, 0) is 0 Å². The van der Waals surface area contributed by atoms with Crippen LogP contribution < -0.4 is 5.32 Å². The molecule has 3 heteroatoms. The molecule has 0 amide bonds. The van der Waals surface area contributed by atoms with Gasteiger partial charge < -0.3 is 15.3 Å². The fraction of sp³-hybridized carbons (Fsp3) is 1.00. The summed E-state index contributed by atoms with van der Waals surface area (Å²) in [4.78, 5) is 2.37. The summed E-state index contributed by atoms with van der Waals surface area (Å²) < 4.78 is 0. The van der Waals surface area contributed by atoms with Crippen molar-refractivity contribution in [3.05, 3.63) is 0 Å². The Labute approximate surface area is 93.9 Å². The summed E-state index contributed by atoms with van der Waals surface area (Å²) in [7, 11) is 2.17. The maximum atomic E-state index is 9.28. The van der Waals surface area contributed by atoms with Crippen LogP contribution in [0.4, 0.5) is 0 Å². The molecule has 15 heavy (non-hydrogen) atoms. The predicted molar refractivity (Wildman–Crippen MR) is 64.0 cm³/mol. The first kappa shape index (κ1) is 12.9. The van der Waals surface area contributed by atoms with Gasteiger partial charge in [-0.15, -0.1) is 0 Å². The average molecular weight is 214 g/mol. The van der Waals surface area contributed by atoms with Crippen LogP contribution in [0.5, 0.6) is 0 Å². The highest BCUT2D eigenvalue weighted by Crippen LogP contribution is 2.11. The van der Waals surface area contributed by atoms with Gasteiger partial charge in [-0.05, 0) is 45.3 Å². The smallest absolute Gasteiger partial charge is 0.0584 e. The van der Waals surface area contributed by atoms with Gasteiger partial charge in [0.25, 0.3) is 0 Å². The van der Waals surface area contributed by atoms with Gasteiger partial charge in [-0.3, -0.25) is 0 Å². The van der Waals surface area contributed by atoms with E-state index in [0.29, 0.717) is 18.0 Å². The third-order valence-electron chi connectivity index (χ3n) is 3.17. The minimum Gasteiger partial charge on any atom is -0.395 e. The van der Waals surface area contributed by atoms with Gasteiger partial charge in [-0.25, -0.2) is 0 Å². The highest BCUT2D eigenvalue weighted by molar-refractivity contribution is 4.79. The lowest BCUT2D eigenvalue weighted by Crippen LogP contribution is -2.46.